The highest BCUT2D eigenvalue weighted by atomic mass is 35.5. The number of aromatic nitrogens is 2. The first kappa shape index (κ1) is 17.8. The Morgan fingerprint density at radius 1 is 1.36 bits per heavy atom. The molecule has 2 aromatic rings. The molecule has 2 aliphatic rings. The SMILES string of the molecule is CC1(C)CCc2[nH]c(N3Cc4cccc(C(=O)NO)c4C3)nc2C1.Cl. The third kappa shape index (κ3) is 3.12. The Morgan fingerprint density at radius 3 is 2.92 bits per heavy atom. The lowest BCUT2D eigenvalue weighted by Crippen LogP contribution is -2.22. The van der Waals surface area contributed by atoms with Gasteiger partial charge < -0.3 is 9.88 Å². The molecule has 0 spiro atoms. The Bertz CT molecular complexity index is 815. The first-order valence-corrected chi connectivity index (χ1v) is 8.35. The summed E-state index contributed by atoms with van der Waals surface area (Å²) in [7, 11) is 0. The van der Waals surface area contributed by atoms with Crippen LogP contribution in [-0.4, -0.2) is 21.1 Å². The van der Waals surface area contributed by atoms with Gasteiger partial charge in [0.05, 0.1) is 5.69 Å². The molecule has 134 valence electrons. The molecule has 6 nitrogen and oxygen atoms in total. The largest absolute Gasteiger partial charge is 0.334 e. The van der Waals surface area contributed by atoms with Gasteiger partial charge in [-0.3, -0.25) is 10.0 Å². The molecule has 0 radical (unpaired) electrons. The number of benzene rings is 1. The third-order valence-corrected chi connectivity index (χ3v) is 5.18. The maximum absolute atomic E-state index is 11.8. The van der Waals surface area contributed by atoms with Crippen LogP contribution in [0.3, 0.4) is 0 Å². The molecule has 0 bridgehead atoms. The predicted molar refractivity (Wildman–Crippen MR) is 97.2 cm³/mol. The van der Waals surface area contributed by atoms with Crippen molar-refractivity contribution in [3.63, 3.8) is 0 Å². The number of nitrogens with zero attached hydrogens (tertiary/aromatic N) is 2. The van der Waals surface area contributed by atoms with Crippen molar-refractivity contribution < 1.29 is 10.0 Å². The van der Waals surface area contributed by atoms with E-state index in [1.54, 1.807) is 11.5 Å². The van der Waals surface area contributed by atoms with Gasteiger partial charge in [0.1, 0.15) is 0 Å². The van der Waals surface area contributed by atoms with Crippen molar-refractivity contribution in [2.75, 3.05) is 4.90 Å². The van der Waals surface area contributed by atoms with Gasteiger partial charge in [-0.1, -0.05) is 26.0 Å². The van der Waals surface area contributed by atoms with Crippen LogP contribution >= 0.6 is 12.4 Å². The number of halogens is 1. The minimum absolute atomic E-state index is 0. The van der Waals surface area contributed by atoms with Crippen molar-refractivity contribution in [3.8, 4) is 0 Å². The number of hydrogen-bond acceptors (Lipinski definition) is 4. The van der Waals surface area contributed by atoms with Gasteiger partial charge in [0.15, 0.2) is 0 Å². The first-order valence-electron chi connectivity index (χ1n) is 8.35. The van der Waals surface area contributed by atoms with Crippen molar-refractivity contribution in [3.05, 3.63) is 46.3 Å². The molecule has 4 rings (SSSR count). The van der Waals surface area contributed by atoms with E-state index in [-0.39, 0.29) is 12.4 Å². The lowest BCUT2D eigenvalue weighted by atomic mass is 9.78. The molecule has 0 unspecified atom stereocenters. The number of aryl methyl sites for hydroxylation is 1. The highest BCUT2D eigenvalue weighted by Gasteiger charge is 2.31. The number of nitrogens with one attached hydrogen (secondary N) is 2. The summed E-state index contributed by atoms with van der Waals surface area (Å²) in [5.74, 6) is 0.415. The van der Waals surface area contributed by atoms with E-state index in [2.05, 4.69) is 23.7 Å². The number of aromatic amines is 1. The van der Waals surface area contributed by atoms with E-state index in [9.17, 15) is 4.79 Å². The number of hydrogen-bond donors (Lipinski definition) is 3. The molecule has 25 heavy (non-hydrogen) atoms. The molecule has 0 saturated heterocycles. The van der Waals surface area contributed by atoms with E-state index in [0.717, 1.165) is 36.5 Å². The van der Waals surface area contributed by atoms with Gasteiger partial charge in [-0.25, -0.2) is 10.5 Å². The Labute approximate surface area is 153 Å². The van der Waals surface area contributed by atoms with Gasteiger partial charge in [-0.15, -0.1) is 12.4 Å². The smallest absolute Gasteiger partial charge is 0.274 e. The summed E-state index contributed by atoms with van der Waals surface area (Å²) in [5.41, 5.74) is 7.04. The van der Waals surface area contributed by atoms with Crippen LogP contribution in [0.25, 0.3) is 0 Å². The van der Waals surface area contributed by atoms with Crippen LogP contribution in [0.4, 0.5) is 5.95 Å². The van der Waals surface area contributed by atoms with Crippen LogP contribution in [0.5, 0.6) is 0 Å². The topological polar surface area (TPSA) is 81.2 Å². The summed E-state index contributed by atoms with van der Waals surface area (Å²) in [6, 6.07) is 5.61. The minimum atomic E-state index is -0.464. The monoisotopic (exact) mass is 362 g/mol. The molecule has 7 heteroatoms. The van der Waals surface area contributed by atoms with E-state index >= 15 is 0 Å². The quantitative estimate of drug-likeness (QED) is 0.566. The molecule has 1 aromatic carbocycles. The average molecular weight is 363 g/mol. The Balaban J connectivity index is 0.00000182. The maximum atomic E-state index is 11.8. The van der Waals surface area contributed by atoms with Crippen LogP contribution in [0.15, 0.2) is 18.2 Å². The summed E-state index contributed by atoms with van der Waals surface area (Å²) >= 11 is 0. The van der Waals surface area contributed by atoms with Gasteiger partial charge in [-0.2, -0.15) is 0 Å². The molecular weight excluding hydrogens is 340 g/mol. The van der Waals surface area contributed by atoms with Crippen LogP contribution in [0, 0.1) is 5.41 Å². The van der Waals surface area contributed by atoms with Crippen molar-refractivity contribution in [1.29, 1.82) is 0 Å². The summed E-state index contributed by atoms with van der Waals surface area (Å²) < 4.78 is 0. The second-order valence-electron chi connectivity index (χ2n) is 7.57. The molecule has 0 fully saturated rings. The van der Waals surface area contributed by atoms with E-state index in [1.807, 2.05) is 12.1 Å². The zero-order valence-electron chi connectivity index (χ0n) is 14.4. The molecular formula is C18H23ClN4O2. The lowest BCUT2D eigenvalue weighted by molar-refractivity contribution is 0.0705. The first-order chi connectivity index (χ1) is 11.5. The molecule has 1 aromatic heterocycles. The number of anilines is 1. The number of H-pyrrole nitrogens is 1. The molecule has 1 amide bonds. The molecule has 0 saturated carbocycles. The van der Waals surface area contributed by atoms with Crippen molar-refractivity contribution >= 4 is 24.3 Å². The summed E-state index contributed by atoms with van der Waals surface area (Å²) in [4.78, 5) is 22.3. The minimum Gasteiger partial charge on any atom is -0.334 e. The van der Waals surface area contributed by atoms with Crippen LogP contribution < -0.4 is 10.4 Å². The third-order valence-electron chi connectivity index (χ3n) is 5.18. The van der Waals surface area contributed by atoms with Gasteiger partial charge in [0, 0.05) is 24.3 Å². The van der Waals surface area contributed by atoms with Crippen LogP contribution in [0.1, 0.15) is 53.1 Å². The molecule has 0 atom stereocenters. The summed E-state index contributed by atoms with van der Waals surface area (Å²) in [6.45, 7) is 5.91. The van der Waals surface area contributed by atoms with Crippen molar-refractivity contribution in [1.82, 2.24) is 15.4 Å². The van der Waals surface area contributed by atoms with Crippen molar-refractivity contribution in [2.45, 2.75) is 46.2 Å². The van der Waals surface area contributed by atoms with Gasteiger partial charge >= 0.3 is 0 Å². The number of carbonyl (C=O) groups excluding carboxylic acids is 1. The highest BCUT2D eigenvalue weighted by molar-refractivity contribution is 5.95. The lowest BCUT2D eigenvalue weighted by Gasteiger charge is -2.27. The zero-order chi connectivity index (χ0) is 16.9. The molecule has 1 aliphatic carbocycles. The average Bonchev–Trinajstić information content (AvgIpc) is 3.15. The van der Waals surface area contributed by atoms with E-state index in [0.29, 0.717) is 17.5 Å². The van der Waals surface area contributed by atoms with Gasteiger partial charge in [-0.05, 0) is 41.9 Å². The highest BCUT2D eigenvalue weighted by Crippen LogP contribution is 2.36. The predicted octanol–water partition coefficient (Wildman–Crippen LogP) is 2.99. The van der Waals surface area contributed by atoms with Crippen LogP contribution in [0.2, 0.25) is 0 Å². The van der Waals surface area contributed by atoms with Gasteiger partial charge in [0.2, 0.25) is 5.95 Å². The molecule has 1 aliphatic heterocycles. The fraction of sp³-hybridized carbons (Fsp3) is 0.444. The number of rotatable bonds is 2. The normalized spacial score (nSPS) is 17.5. The van der Waals surface area contributed by atoms with Crippen LogP contribution in [-0.2, 0) is 25.9 Å². The van der Waals surface area contributed by atoms with Crippen molar-refractivity contribution in [2.24, 2.45) is 5.41 Å². The molecule has 2 heterocycles. The summed E-state index contributed by atoms with van der Waals surface area (Å²) in [5, 5.41) is 8.93. The Morgan fingerprint density at radius 2 is 2.16 bits per heavy atom. The second kappa shape index (κ2) is 6.35. The van der Waals surface area contributed by atoms with E-state index in [1.165, 1.54) is 17.8 Å². The zero-order valence-corrected chi connectivity index (χ0v) is 15.2. The number of imidazole rings is 1. The van der Waals surface area contributed by atoms with E-state index in [4.69, 9.17) is 10.2 Å². The fourth-order valence-corrected chi connectivity index (χ4v) is 3.78. The Kier molecular flexibility index (Phi) is 4.51. The number of hydroxylamine groups is 1. The maximum Gasteiger partial charge on any atom is 0.274 e. The standard InChI is InChI=1S/C18H22N4O2.ClH/c1-18(2)7-6-14-15(8-18)20-17(19-14)22-9-11-4-3-5-12(13(11)10-22)16(23)21-24;/h3-5,24H,6-10H2,1-2H3,(H,19,20)(H,21,23);1H. The number of carbonyl (C=O) groups is 1. The molecule has 3 N–H and O–H groups in total. The second-order valence-corrected chi connectivity index (χ2v) is 7.57. The number of amides is 1. The van der Waals surface area contributed by atoms with Gasteiger partial charge in [0.25, 0.3) is 5.91 Å². The summed E-state index contributed by atoms with van der Waals surface area (Å²) in [6.07, 6.45) is 3.20. The fourth-order valence-electron chi connectivity index (χ4n) is 3.78. The van der Waals surface area contributed by atoms with E-state index < -0.39 is 5.91 Å². The Hall–Kier alpha value is -2.05. The number of fused-ring (bicyclic) bond motifs is 2.